The van der Waals surface area contributed by atoms with Crippen molar-refractivity contribution in [1.29, 1.82) is 0 Å². The van der Waals surface area contributed by atoms with E-state index in [0.717, 1.165) is 36.0 Å². The zero-order valence-electron chi connectivity index (χ0n) is 14.9. The molecule has 4 atom stereocenters. The molecule has 0 spiro atoms. The topological polar surface area (TPSA) is 57.2 Å². The largest absolute Gasteiger partial charge is 0.748 e. The first kappa shape index (κ1) is 18.3. The molecule has 1 aromatic carbocycles. The molecule has 1 aromatic rings. The highest BCUT2D eigenvalue weighted by atomic mass is 32.2. The van der Waals surface area contributed by atoms with Crippen LogP contribution in [0, 0.1) is 22.7 Å². The van der Waals surface area contributed by atoms with Gasteiger partial charge in [-0.3, -0.25) is 0 Å². The molecule has 3 fully saturated rings. The SMILES string of the molecule is CC(C)(C)c1ccc([SH2+])cc1.CC12C3CCC1(CS(=O)(=O)[O-])CC32. The third kappa shape index (κ3) is 2.93. The second-order valence-corrected chi connectivity index (χ2v) is 11.0. The normalized spacial score (nSPS) is 36.2. The lowest BCUT2D eigenvalue weighted by molar-refractivity contribution is 0.0544. The molecule has 3 aliphatic rings. The summed E-state index contributed by atoms with van der Waals surface area (Å²) in [5, 5.41) is 0. The predicted molar refractivity (Wildman–Crippen MR) is 99.5 cm³/mol. The van der Waals surface area contributed by atoms with Crippen LogP contribution >= 0.6 is 0 Å². The molecule has 3 aliphatic carbocycles. The molecule has 5 heteroatoms. The van der Waals surface area contributed by atoms with Crippen molar-refractivity contribution in [3.63, 3.8) is 0 Å². The minimum Gasteiger partial charge on any atom is -0.748 e. The fourth-order valence-corrected chi connectivity index (χ4v) is 6.66. The van der Waals surface area contributed by atoms with E-state index in [-0.39, 0.29) is 22.0 Å². The molecule has 0 aliphatic heterocycles. The smallest absolute Gasteiger partial charge is 0.150 e. The Morgan fingerprint density at radius 2 is 1.79 bits per heavy atom. The van der Waals surface area contributed by atoms with Crippen LogP contribution in [0.3, 0.4) is 0 Å². The molecular weight excluding hydrogens is 340 g/mol. The summed E-state index contributed by atoms with van der Waals surface area (Å²) in [7, 11) is -4.02. The Balaban J connectivity index is 0.000000144. The number of benzene rings is 1. The molecule has 0 N–H and O–H groups in total. The molecule has 134 valence electrons. The van der Waals surface area contributed by atoms with Crippen LogP contribution in [0.2, 0.25) is 0 Å². The van der Waals surface area contributed by atoms with E-state index in [2.05, 4.69) is 64.6 Å². The monoisotopic (exact) mass is 368 g/mol. The van der Waals surface area contributed by atoms with E-state index in [1.807, 2.05) is 0 Å². The van der Waals surface area contributed by atoms with Gasteiger partial charge in [0.15, 0.2) is 0 Å². The Morgan fingerprint density at radius 3 is 2.12 bits per heavy atom. The highest BCUT2D eigenvalue weighted by molar-refractivity contribution is 7.85. The quantitative estimate of drug-likeness (QED) is 0.594. The van der Waals surface area contributed by atoms with Crippen LogP contribution in [0.1, 0.15) is 52.5 Å². The standard InChI is InChI=1S/C10H14S.C9H14O3S/c1-10(2,3)8-4-6-9(11)7-5-8;1-8-6-2-3-9(8,4-7(6)8)5-13(10,11)12/h4-7,11H,1-3H3;6-7H,2-5H2,1H3,(H,10,11,12). The molecule has 0 amide bonds. The average molecular weight is 369 g/mol. The summed E-state index contributed by atoms with van der Waals surface area (Å²) in [4.78, 5) is 1.14. The maximum absolute atomic E-state index is 10.8. The van der Waals surface area contributed by atoms with Gasteiger partial charge >= 0.3 is 0 Å². The van der Waals surface area contributed by atoms with Crippen molar-refractivity contribution in [2.45, 2.75) is 57.3 Å². The molecule has 4 unspecified atom stereocenters. The van der Waals surface area contributed by atoms with Gasteiger partial charge in [0.25, 0.3) is 0 Å². The van der Waals surface area contributed by atoms with Crippen molar-refractivity contribution in [2.75, 3.05) is 5.75 Å². The Bertz CT molecular complexity index is 729. The summed E-state index contributed by atoms with van der Waals surface area (Å²) >= 11 is 3.46. The van der Waals surface area contributed by atoms with Crippen LogP contribution in [0.4, 0.5) is 0 Å². The summed E-state index contributed by atoms with van der Waals surface area (Å²) in [6.45, 7) is 8.82. The molecule has 24 heavy (non-hydrogen) atoms. The van der Waals surface area contributed by atoms with E-state index in [1.165, 1.54) is 5.56 Å². The van der Waals surface area contributed by atoms with Gasteiger partial charge in [-0.15, -0.1) is 0 Å². The summed E-state index contributed by atoms with van der Waals surface area (Å²) in [5.41, 5.74) is 1.77. The second kappa shape index (κ2) is 5.49. The van der Waals surface area contributed by atoms with Gasteiger partial charge in [-0.25, -0.2) is 8.42 Å². The van der Waals surface area contributed by atoms with Gasteiger partial charge in [0, 0.05) is 5.75 Å². The number of fused-ring (bicyclic) bond motifs is 1. The van der Waals surface area contributed by atoms with E-state index in [1.54, 1.807) is 0 Å². The van der Waals surface area contributed by atoms with Crippen molar-refractivity contribution < 1.29 is 13.0 Å². The van der Waals surface area contributed by atoms with E-state index in [9.17, 15) is 13.0 Å². The summed E-state index contributed by atoms with van der Waals surface area (Å²) < 4.78 is 32.3. The third-order valence-electron chi connectivity index (χ3n) is 6.81. The number of hydrogen-bond acceptors (Lipinski definition) is 3. The minimum absolute atomic E-state index is 0.108. The zero-order valence-corrected chi connectivity index (χ0v) is 16.7. The lowest BCUT2D eigenvalue weighted by atomic mass is 9.60. The maximum atomic E-state index is 10.8. The average Bonchev–Trinajstić information content (AvgIpc) is 2.84. The summed E-state index contributed by atoms with van der Waals surface area (Å²) in [6.07, 6.45) is 3.11. The van der Waals surface area contributed by atoms with Gasteiger partial charge < -0.3 is 4.55 Å². The molecule has 0 radical (unpaired) electrons. The first-order valence-corrected chi connectivity index (χ1v) is 10.7. The third-order valence-corrected chi connectivity index (χ3v) is 8.05. The predicted octanol–water partition coefficient (Wildman–Crippen LogP) is 3.32. The molecule has 0 aromatic heterocycles. The lowest BCUT2D eigenvalue weighted by Gasteiger charge is -2.47. The van der Waals surface area contributed by atoms with Crippen molar-refractivity contribution in [3.05, 3.63) is 29.8 Å². The molecule has 3 nitrogen and oxygen atoms in total. The molecule has 3 saturated carbocycles. The van der Waals surface area contributed by atoms with Gasteiger partial charge in [0.1, 0.15) is 4.90 Å². The minimum atomic E-state index is -4.02. The van der Waals surface area contributed by atoms with E-state index >= 15 is 0 Å². The maximum Gasteiger partial charge on any atom is 0.150 e. The first-order chi connectivity index (χ1) is 10.9. The summed E-state index contributed by atoms with van der Waals surface area (Å²) in [5.74, 6) is 1.39. The van der Waals surface area contributed by atoms with E-state index < -0.39 is 10.1 Å². The van der Waals surface area contributed by atoms with Crippen LogP contribution in [0.5, 0.6) is 0 Å². The van der Waals surface area contributed by atoms with Crippen molar-refractivity contribution in [1.82, 2.24) is 0 Å². The Morgan fingerprint density at radius 1 is 1.21 bits per heavy atom. The van der Waals surface area contributed by atoms with Crippen LogP contribution in [-0.2, 0) is 28.2 Å². The Kier molecular flexibility index (Phi) is 4.18. The van der Waals surface area contributed by atoms with Crippen LogP contribution in [-0.4, -0.2) is 18.7 Å². The van der Waals surface area contributed by atoms with Crippen molar-refractivity contribution in [2.24, 2.45) is 22.7 Å². The molecule has 0 bridgehead atoms. The fourth-order valence-electron chi connectivity index (χ4n) is 5.25. The zero-order chi connectivity index (χ0) is 18.0. The van der Waals surface area contributed by atoms with Gasteiger partial charge in [-0.05, 0) is 77.7 Å². The lowest BCUT2D eigenvalue weighted by Crippen LogP contribution is -2.44. The van der Waals surface area contributed by atoms with Crippen LogP contribution in [0.15, 0.2) is 29.2 Å². The molecular formula is C19H28O3S2. The van der Waals surface area contributed by atoms with Gasteiger partial charge in [-0.1, -0.05) is 39.8 Å². The van der Waals surface area contributed by atoms with Gasteiger partial charge in [0.2, 0.25) is 0 Å². The second-order valence-electron chi connectivity index (χ2n) is 9.05. The number of rotatable bonds is 2. The van der Waals surface area contributed by atoms with Gasteiger partial charge in [-0.2, -0.15) is 0 Å². The first-order valence-electron chi connectivity index (χ1n) is 8.65. The van der Waals surface area contributed by atoms with Crippen LogP contribution < -0.4 is 0 Å². The molecule has 4 rings (SSSR count). The molecule has 0 heterocycles. The van der Waals surface area contributed by atoms with Crippen LogP contribution in [0.25, 0.3) is 0 Å². The van der Waals surface area contributed by atoms with Crippen molar-refractivity contribution >= 4 is 22.7 Å². The van der Waals surface area contributed by atoms with E-state index in [4.69, 9.17) is 0 Å². The van der Waals surface area contributed by atoms with E-state index in [0.29, 0.717) is 0 Å². The molecule has 0 saturated heterocycles. The summed E-state index contributed by atoms with van der Waals surface area (Å²) in [6, 6.07) is 8.47. The highest BCUT2D eigenvalue weighted by Gasteiger charge is 2.82. The van der Waals surface area contributed by atoms with Gasteiger partial charge in [0.05, 0.1) is 10.1 Å². The highest BCUT2D eigenvalue weighted by Crippen LogP contribution is 2.87. The Labute approximate surface area is 151 Å². The number of hydrogen-bond donors (Lipinski definition) is 0. The Hall–Kier alpha value is -0.520. The fraction of sp³-hybridized carbons (Fsp3) is 0.684. The van der Waals surface area contributed by atoms with Crippen molar-refractivity contribution in [3.8, 4) is 0 Å².